The van der Waals surface area contributed by atoms with E-state index in [9.17, 15) is 12.8 Å². The van der Waals surface area contributed by atoms with Gasteiger partial charge in [0.25, 0.3) is 0 Å². The average molecular weight is 310 g/mol. The number of hydrogen-bond acceptors (Lipinski definition) is 3. The van der Waals surface area contributed by atoms with Gasteiger partial charge in [0.1, 0.15) is 15.7 Å². The van der Waals surface area contributed by atoms with E-state index in [1.165, 1.54) is 6.07 Å². The summed E-state index contributed by atoms with van der Waals surface area (Å²) in [5.74, 6) is -0.539. The Labute approximate surface area is 103 Å². The van der Waals surface area contributed by atoms with E-state index in [-0.39, 0.29) is 5.75 Å². The molecule has 0 heterocycles. The maximum absolute atomic E-state index is 13.5. The molecule has 0 saturated carbocycles. The van der Waals surface area contributed by atoms with Crippen LogP contribution in [0.1, 0.15) is 11.6 Å². The van der Waals surface area contributed by atoms with Crippen LogP contribution < -0.4 is 5.32 Å². The molecule has 1 aromatic carbocycles. The first-order valence-corrected chi connectivity index (χ1v) is 7.49. The SMILES string of the molecule is CNC(CS(C)(=O)=O)c1cc(Br)ccc1F. The molecule has 16 heavy (non-hydrogen) atoms. The molecule has 0 spiro atoms. The lowest BCUT2D eigenvalue weighted by molar-refractivity contribution is 0.549. The Balaban J connectivity index is 3.08. The number of hydrogen-bond donors (Lipinski definition) is 1. The topological polar surface area (TPSA) is 46.2 Å². The molecule has 0 aliphatic rings. The molecule has 0 aliphatic carbocycles. The summed E-state index contributed by atoms with van der Waals surface area (Å²) in [7, 11) is -1.55. The molecule has 0 amide bonds. The summed E-state index contributed by atoms with van der Waals surface area (Å²) < 4.78 is 36.6. The molecule has 0 aromatic heterocycles. The predicted octanol–water partition coefficient (Wildman–Crippen LogP) is 1.89. The molecular weight excluding hydrogens is 297 g/mol. The second kappa shape index (κ2) is 5.25. The minimum atomic E-state index is -3.16. The van der Waals surface area contributed by atoms with Gasteiger partial charge in [-0.2, -0.15) is 0 Å². The minimum Gasteiger partial charge on any atom is -0.312 e. The van der Waals surface area contributed by atoms with E-state index in [1.807, 2.05) is 0 Å². The Kier molecular flexibility index (Phi) is 4.46. The fourth-order valence-corrected chi connectivity index (χ4v) is 2.74. The zero-order chi connectivity index (χ0) is 12.3. The first-order chi connectivity index (χ1) is 7.33. The van der Waals surface area contributed by atoms with E-state index in [4.69, 9.17) is 0 Å². The van der Waals surface area contributed by atoms with Crippen LogP contribution in [0, 0.1) is 5.82 Å². The van der Waals surface area contributed by atoms with E-state index >= 15 is 0 Å². The van der Waals surface area contributed by atoms with E-state index in [1.54, 1.807) is 19.2 Å². The summed E-state index contributed by atoms with van der Waals surface area (Å²) in [4.78, 5) is 0. The summed E-state index contributed by atoms with van der Waals surface area (Å²) >= 11 is 3.23. The lowest BCUT2D eigenvalue weighted by Gasteiger charge is -2.16. The summed E-state index contributed by atoms with van der Waals surface area (Å²) in [5.41, 5.74) is 0.349. The van der Waals surface area contributed by atoms with Gasteiger partial charge in [0, 0.05) is 22.3 Å². The maximum Gasteiger partial charge on any atom is 0.149 e. The fraction of sp³-hybridized carbons (Fsp3) is 0.400. The summed E-state index contributed by atoms with van der Waals surface area (Å²) in [6, 6.07) is 3.94. The van der Waals surface area contributed by atoms with E-state index in [0.29, 0.717) is 5.56 Å². The molecule has 3 nitrogen and oxygen atoms in total. The summed E-state index contributed by atoms with van der Waals surface area (Å²) in [6.07, 6.45) is 1.13. The van der Waals surface area contributed by atoms with Crippen molar-refractivity contribution in [2.75, 3.05) is 19.1 Å². The quantitative estimate of drug-likeness (QED) is 0.924. The first kappa shape index (κ1) is 13.6. The van der Waals surface area contributed by atoms with Gasteiger partial charge in [-0.15, -0.1) is 0 Å². The molecule has 1 atom stereocenters. The van der Waals surface area contributed by atoms with Crippen LogP contribution in [0.4, 0.5) is 4.39 Å². The Hall–Kier alpha value is -0.460. The van der Waals surface area contributed by atoms with Gasteiger partial charge in [-0.05, 0) is 25.2 Å². The van der Waals surface area contributed by atoms with Crippen LogP contribution in [0.15, 0.2) is 22.7 Å². The van der Waals surface area contributed by atoms with Crippen molar-refractivity contribution >= 4 is 25.8 Å². The Bertz CT molecular complexity index is 476. The second-order valence-electron chi connectivity index (χ2n) is 3.60. The lowest BCUT2D eigenvalue weighted by Crippen LogP contribution is -2.25. The summed E-state index contributed by atoms with van der Waals surface area (Å²) in [6.45, 7) is 0. The number of benzene rings is 1. The molecule has 1 aromatic rings. The van der Waals surface area contributed by atoms with Gasteiger partial charge in [-0.25, -0.2) is 12.8 Å². The summed E-state index contributed by atoms with van der Waals surface area (Å²) in [5, 5.41) is 2.80. The van der Waals surface area contributed by atoms with Crippen molar-refractivity contribution in [3.05, 3.63) is 34.1 Å². The monoisotopic (exact) mass is 309 g/mol. The largest absolute Gasteiger partial charge is 0.312 e. The van der Waals surface area contributed by atoms with Gasteiger partial charge in [0.05, 0.1) is 5.75 Å². The van der Waals surface area contributed by atoms with Crippen molar-refractivity contribution < 1.29 is 12.8 Å². The molecule has 1 rings (SSSR count). The van der Waals surface area contributed by atoms with E-state index in [2.05, 4.69) is 21.2 Å². The van der Waals surface area contributed by atoms with Crippen molar-refractivity contribution in [1.29, 1.82) is 0 Å². The third-order valence-electron chi connectivity index (χ3n) is 2.15. The van der Waals surface area contributed by atoms with Crippen molar-refractivity contribution in [1.82, 2.24) is 5.32 Å². The molecule has 1 N–H and O–H groups in total. The highest BCUT2D eigenvalue weighted by molar-refractivity contribution is 9.10. The lowest BCUT2D eigenvalue weighted by atomic mass is 10.1. The number of sulfone groups is 1. The van der Waals surface area contributed by atoms with Gasteiger partial charge in [-0.1, -0.05) is 15.9 Å². The number of halogens is 2. The van der Waals surface area contributed by atoms with E-state index in [0.717, 1.165) is 10.7 Å². The van der Waals surface area contributed by atoms with Crippen LogP contribution in [-0.2, 0) is 9.84 Å². The highest BCUT2D eigenvalue weighted by Gasteiger charge is 2.19. The maximum atomic E-state index is 13.5. The molecular formula is C10H13BrFNO2S. The van der Waals surface area contributed by atoms with Crippen LogP contribution in [0.2, 0.25) is 0 Å². The fourth-order valence-electron chi connectivity index (χ4n) is 1.41. The smallest absolute Gasteiger partial charge is 0.149 e. The van der Waals surface area contributed by atoms with Crippen LogP contribution in [0.25, 0.3) is 0 Å². The van der Waals surface area contributed by atoms with Crippen molar-refractivity contribution in [2.45, 2.75) is 6.04 Å². The number of nitrogens with one attached hydrogen (secondary N) is 1. The number of rotatable bonds is 4. The van der Waals surface area contributed by atoms with Crippen molar-refractivity contribution in [2.24, 2.45) is 0 Å². The Morgan fingerprint density at radius 2 is 2.12 bits per heavy atom. The van der Waals surface area contributed by atoms with Crippen LogP contribution in [0.5, 0.6) is 0 Å². The van der Waals surface area contributed by atoms with Gasteiger partial charge in [-0.3, -0.25) is 0 Å². The predicted molar refractivity (Wildman–Crippen MR) is 65.6 cm³/mol. The molecule has 0 saturated heterocycles. The highest BCUT2D eigenvalue weighted by atomic mass is 79.9. The first-order valence-electron chi connectivity index (χ1n) is 4.63. The average Bonchev–Trinajstić information content (AvgIpc) is 2.17. The second-order valence-corrected chi connectivity index (χ2v) is 6.70. The van der Waals surface area contributed by atoms with Gasteiger partial charge < -0.3 is 5.32 Å². The van der Waals surface area contributed by atoms with Crippen LogP contribution >= 0.6 is 15.9 Å². The van der Waals surface area contributed by atoms with Gasteiger partial charge in [0.2, 0.25) is 0 Å². The molecule has 0 bridgehead atoms. The molecule has 0 radical (unpaired) electrons. The standard InChI is InChI=1S/C10H13BrFNO2S/c1-13-10(6-16(2,14)15)8-5-7(11)3-4-9(8)12/h3-5,10,13H,6H2,1-2H3. The molecule has 90 valence electrons. The van der Waals surface area contributed by atoms with Gasteiger partial charge >= 0.3 is 0 Å². The molecule has 1 unspecified atom stereocenters. The minimum absolute atomic E-state index is 0.128. The molecule has 0 aliphatic heterocycles. The third-order valence-corrected chi connectivity index (χ3v) is 3.58. The third kappa shape index (κ3) is 3.84. The van der Waals surface area contributed by atoms with Crippen LogP contribution in [0.3, 0.4) is 0 Å². The normalized spacial score (nSPS) is 13.8. The zero-order valence-electron chi connectivity index (χ0n) is 9.00. The van der Waals surface area contributed by atoms with Crippen LogP contribution in [-0.4, -0.2) is 27.5 Å². The highest BCUT2D eigenvalue weighted by Crippen LogP contribution is 2.22. The van der Waals surface area contributed by atoms with Crippen molar-refractivity contribution in [3.8, 4) is 0 Å². The van der Waals surface area contributed by atoms with E-state index < -0.39 is 21.7 Å². The Morgan fingerprint density at radius 3 is 2.62 bits per heavy atom. The zero-order valence-corrected chi connectivity index (χ0v) is 11.4. The molecule has 0 fully saturated rings. The van der Waals surface area contributed by atoms with Gasteiger partial charge in [0.15, 0.2) is 0 Å². The molecule has 6 heteroatoms. The van der Waals surface area contributed by atoms with Crippen molar-refractivity contribution in [3.63, 3.8) is 0 Å². The Morgan fingerprint density at radius 1 is 1.50 bits per heavy atom.